The number of benzene rings is 1. The Kier molecular flexibility index (Phi) is 4.26. The van der Waals surface area contributed by atoms with E-state index in [-0.39, 0.29) is 16.5 Å². The number of hydrogen-bond donors (Lipinski definition) is 2. The Balaban J connectivity index is 2.21. The average molecular weight is 337 g/mol. The van der Waals surface area contributed by atoms with Crippen molar-refractivity contribution in [1.82, 2.24) is 0 Å². The van der Waals surface area contributed by atoms with Gasteiger partial charge in [0.15, 0.2) is 0 Å². The predicted molar refractivity (Wildman–Crippen MR) is 72.5 cm³/mol. The Bertz CT molecular complexity index is 721. The van der Waals surface area contributed by atoms with Gasteiger partial charge in [0.2, 0.25) is 0 Å². The Morgan fingerprint density at radius 2 is 1.71 bits per heavy atom. The molecule has 0 fully saturated rings. The van der Waals surface area contributed by atoms with Gasteiger partial charge in [-0.05, 0) is 36.4 Å². The molecule has 0 atom stereocenters. The third kappa shape index (κ3) is 3.74. The molecule has 2 aromatic rings. The van der Waals surface area contributed by atoms with Crippen molar-refractivity contribution < 1.29 is 26.7 Å². The number of alkyl halides is 3. The zero-order valence-corrected chi connectivity index (χ0v) is 12.0. The standard InChI is InChI=1S/C12H10F3NO3S2/c13-12(14,15)8-1-3-9(4-2-8)16-21(18,19)11-6-5-10(7-17)20-11/h1-6,16-17H,7H2. The van der Waals surface area contributed by atoms with Crippen molar-refractivity contribution in [3.8, 4) is 0 Å². The number of anilines is 1. The minimum Gasteiger partial charge on any atom is -0.391 e. The van der Waals surface area contributed by atoms with Crippen LogP contribution in [0.1, 0.15) is 10.4 Å². The van der Waals surface area contributed by atoms with Gasteiger partial charge in [0.1, 0.15) is 4.21 Å². The summed E-state index contributed by atoms with van der Waals surface area (Å²) in [5.74, 6) is 0. The first kappa shape index (κ1) is 15.8. The predicted octanol–water partition coefficient (Wildman–Crippen LogP) is 3.06. The smallest absolute Gasteiger partial charge is 0.391 e. The monoisotopic (exact) mass is 337 g/mol. The fraction of sp³-hybridized carbons (Fsp3) is 0.167. The van der Waals surface area contributed by atoms with Gasteiger partial charge in [-0.3, -0.25) is 4.72 Å². The van der Waals surface area contributed by atoms with Crippen molar-refractivity contribution in [3.05, 3.63) is 46.8 Å². The lowest BCUT2D eigenvalue weighted by molar-refractivity contribution is -0.137. The minimum atomic E-state index is -4.47. The summed E-state index contributed by atoms with van der Waals surface area (Å²) in [5.41, 5.74) is -0.828. The molecule has 4 nitrogen and oxygen atoms in total. The summed E-state index contributed by atoms with van der Waals surface area (Å²) in [4.78, 5) is 0.475. The maximum absolute atomic E-state index is 12.4. The van der Waals surface area contributed by atoms with E-state index < -0.39 is 21.8 Å². The number of nitrogens with one attached hydrogen (secondary N) is 1. The van der Waals surface area contributed by atoms with Gasteiger partial charge in [0.25, 0.3) is 10.0 Å². The van der Waals surface area contributed by atoms with Crippen LogP contribution in [-0.2, 0) is 22.8 Å². The molecule has 1 heterocycles. The van der Waals surface area contributed by atoms with Crippen molar-refractivity contribution in [3.63, 3.8) is 0 Å². The van der Waals surface area contributed by atoms with Gasteiger partial charge in [0.05, 0.1) is 12.2 Å². The topological polar surface area (TPSA) is 66.4 Å². The number of aliphatic hydroxyl groups excluding tert-OH is 1. The lowest BCUT2D eigenvalue weighted by atomic mass is 10.2. The second kappa shape index (κ2) is 5.66. The van der Waals surface area contributed by atoms with E-state index in [1.54, 1.807) is 0 Å². The van der Waals surface area contributed by atoms with E-state index in [2.05, 4.69) is 4.72 Å². The van der Waals surface area contributed by atoms with E-state index in [4.69, 9.17) is 5.11 Å². The Labute approximate surface area is 122 Å². The van der Waals surface area contributed by atoms with E-state index in [0.29, 0.717) is 4.88 Å². The second-order valence-corrected chi connectivity index (χ2v) is 7.14. The van der Waals surface area contributed by atoms with Crippen LogP contribution in [0.25, 0.3) is 0 Å². The first-order valence-electron chi connectivity index (χ1n) is 5.62. The number of sulfonamides is 1. The van der Waals surface area contributed by atoms with Crippen LogP contribution in [0.4, 0.5) is 18.9 Å². The molecule has 0 saturated carbocycles. The number of hydrogen-bond acceptors (Lipinski definition) is 4. The van der Waals surface area contributed by atoms with Crippen LogP contribution >= 0.6 is 11.3 Å². The number of aliphatic hydroxyl groups is 1. The van der Waals surface area contributed by atoms with E-state index in [1.807, 2.05) is 0 Å². The van der Waals surface area contributed by atoms with Crippen LogP contribution in [0.2, 0.25) is 0 Å². The molecule has 0 radical (unpaired) electrons. The maximum atomic E-state index is 12.4. The molecule has 0 aliphatic rings. The van der Waals surface area contributed by atoms with Crippen LogP contribution in [0.5, 0.6) is 0 Å². The molecule has 0 amide bonds. The summed E-state index contributed by atoms with van der Waals surface area (Å²) in [6.45, 7) is -0.277. The average Bonchev–Trinajstić information content (AvgIpc) is 2.87. The van der Waals surface area contributed by atoms with Crippen LogP contribution in [0.3, 0.4) is 0 Å². The third-order valence-electron chi connectivity index (χ3n) is 2.52. The van der Waals surface area contributed by atoms with Crippen LogP contribution in [-0.4, -0.2) is 13.5 Å². The number of halogens is 3. The molecule has 0 spiro atoms. The fourth-order valence-electron chi connectivity index (χ4n) is 1.52. The summed E-state index contributed by atoms with van der Waals surface area (Å²) < 4.78 is 63.4. The lowest BCUT2D eigenvalue weighted by Crippen LogP contribution is -2.12. The van der Waals surface area contributed by atoms with Gasteiger partial charge in [-0.2, -0.15) is 13.2 Å². The highest BCUT2D eigenvalue weighted by Gasteiger charge is 2.30. The third-order valence-corrected chi connectivity index (χ3v) is 5.47. The summed E-state index contributed by atoms with van der Waals surface area (Å²) in [6.07, 6.45) is -4.47. The summed E-state index contributed by atoms with van der Waals surface area (Å²) in [5, 5.41) is 8.90. The Hall–Kier alpha value is -1.58. The first-order chi connectivity index (χ1) is 9.72. The molecule has 0 saturated heterocycles. The summed E-state index contributed by atoms with van der Waals surface area (Å²) >= 11 is 0.886. The van der Waals surface area contributed by atoms with E-state index in [1.165, 1.54) is 12.1 Å². The van der Waals surface area contributed by atoms with Gasteiger partial charge < -0.3 is 5.11 Å². The normalized spacial score (nSPS) is 12.4. The van der Waals surface area contributed by atoms with Crippen LogP contribution in [0.15, 0.2) is 40.6 Å². The lowest BCUT2D eigenvalue weighted by Gasteiger charge is -2.09. The van der Waals surface area contributed by atoms with Gasteiger partial charge in [-0.25, -0.2) is 8.42 Å². The van der Waals surface area contributed by atoms with E-state index >= 15 is 0 Å². The number of thiophene rings is 1. The van der Waals surface area contributed by atoms with Gasteiger partial charge in [-0.1, -0.05) is 0 Å². The molecule has 0 aliphatic heterocycles. The van der Waals surface area contributed by atoms with Crippen LogP contribution < -0.4 is 4.72 Å². The Morgan fingerprint density at radius 3 is 2.19 bits per heavy atom. The molecular weight excluding hydrogens is 327 g/mol. The highest BCUT2D eigenvalue weighted by molar-refractivity contribution is 7.94. The largest absolute Gasteiger partial charge is 0.416 e. The molecule has 114 valence electrons. The quantitative estimate of drug-likeness (QED) is 0.901. The number of rotatable bonds is 4. The highest BCUT2D eigenvalue weighted by atomic mass is 32.2. The minimum absolute atomic E-state index is 0.0218. The van der Waals surface area contributed by atoms with Gasteiger partial charge >= 0.3 is 6.18 Å². The maximum Gasteiger partial charge on any atom is 0.416 e. The molecule has 9 heteroatoms. The van der Waals surface area contributed by atoms with Gasteiger partial charge in [-0.15, -0.1) is 11.3 Å². The molecule has 2 N–H and O–H groups in total. The molecule has 1 aromatic carbocycles. The molecule has 1 aromatic heterocycles. The zero-order valence-electron chi connectivity index (χ0n) is 10.4. The van der Waals surface area contributed by atoms with Crippen molar-refractivity contribution in [1.29, 1.82) is 0 Å². The van der Waals surface area contributed by atoms with Crippen LogP contribution in [0, 0.1) is 0 Å². The first-order valence-corrected chi connectivity index (χ1v) is 7.92. The van der Waals surface area contributed by atoms with Crippen molar-refractivity contribution in [2.45, 2.75) is 17.0 Å². The molecule has 21 heavy (non-hydrogen) atoms. The van der Waals surface area contributed by atoms with Crippen molar-refractivity contribution in [2.24, 2.45) is 0 Å². The zero-order chi connectivity index (χ0) is 15.7. The molecule has 2 rings (SSSR count). The second-order valence-electron chi connectivity index (χ2n) is 4.06. The van der Waals surface area contributed by atoms with E-state index in [9.17, 15) is 21.6 Å². The summed E-state index contributed by atoms with van der Waals surface area (Å²) in [7, 11) is -3.87. The molecule has 0 aliphatic carbocycles. The van der Waals surface area contributed by atoms with Crippen molar-refractivity contribution in [2.75, 3.05) is 4.72 Å². The van der Waals surface area contributed by atoms with Gasteiger partial charge in [0, 0.05) is 10.6 Å². The molecular formula is C12H10F3NO3S2. The molecule has 0 bridgehead atoms. The van der Waals surface area contributed by atoms with E-state index in [0.717, 1.165) is 35.6 Å². The summed E-state index contributed by atoms with van der Waals surface area (Å²) in [6, 6.07) is 6.47. The fourth-order valence-corrected chi connectivity index (χ4v) is 3.79. The molecule has 0 unspecified atom stereocenters. The van der Waals surface area contributed by atoms with Crippen molar-refractivity contribution >= 4 is 27.0 Å². The Morgan fingerprint density at radius 1 is 1.10 bits per heavy atom. The highest BCUT2D eigenvalue weighted by Crippen LogP contribution is 2.30. The SMILES string of the molecule is O=S(=O)(Nc1ccc(C(F)(F)F)cc1)c1ccc(CO)s1.